The molecular weight excluding hydrogens is 330 g/mol. The molecule has 1 heterocycles. The second-order valence-electron chi connectivity index (χ2n) is 5.89. The van der Waals surface area contributed by atoms with Crippen molar-refractivity contribution < 1.29 is 18.4 Å². The average molecular weight is 354 g/mol. The van der Waals surface area contributed by atoms with E-state index in [1.165, 1.54) is 6.07 Å². The van der Waals surface area contributed by atoms with Gasteiger partial charge in [0.1, 0.15) is 17.3 Å². The Bertz CT molecular complexity index is 586. The molecular formula is C17H24F2N4O2. The Hall–Kier alpha value is -2.06. The molecule has 8 heteroatoms. The Balaban J connectivity index is 1.82. The van der Waals surface area contributed by atoms with Crippen molar-refractivity contribution in [1.82, 2.24) is 15.1 Å². The maximum Gasteiger partial charge on any atom is 0.238 e. The van der Waals surface area contributed by atoms with Crippen LogP contribution >= 0.6 is 0 Å². The van der Waals surface area contributed by atoms with Crippen LogP contribution in [-0.2, 0) is 9.59 Å². The van der Waals surface area contributed by atoms with Crippen molar-refractivity contribution in [2.24, 2.45) is 0 Å². The lowest BCUT2D eigenvalue weighted by molar-refractivity contribution is -0.132. The topological polar surface area (TPSA) is 64.7 Å². The van der Waals surface area contributed by atoms with E-state index in [-0.39, 0.29) is 12.5 Å². The highest BCUT2D eigenvalue weighted by atomic mass is 19.1. The summed E-state index contributed by atoms with van der Waals surface area (Å²) in [5.74, 6) is -2.09. The van der Waals surface area contributed by atoms with Gasteiger partial charge in [-0.1, -0.05) is 13.0 Å². The fraction of sp³-hybridized carbons (Fsp3) is 0.529. The van der Waals surface area contributed by atoms with Crippen molar-refractivity contribution in [3.05, 3.63) is 29.8 Å². The Morgan fingerprint density at radius 3 is 2.48 bits per heavy atom. The molecule has 0 bridgehead atoms. The smallest absolute Gasteiger partial charge is 0.238 e. The van der Waals surface area contributed by atoms with Gasteiger partial charge in [-0.25, -0.2) is 8.78 Å². The van der Waals surface area contributed by atoms with Gasteiger partial charge in [-0.2, -0.15) is 0 Å². The highest BCUT2D eigenvalue weighted by molar-refractivity contribution is 5.92. The summed E-state index contributed by atoms with van der Waals surface area (Å²) in [6.45, 7) is 5.79. The third-order valence-electron chi connectivity index (χ3n) is 4.15. The van der Waals surface area contributed by atoms with Crippen molar-refractivity contribution >= 4 is 17.5 Å². The Labute approximate surface area is 146 Å². The number of para-hydroxylation sites is 1. The van der Waals surface area contributed by atoms with Crippen LogP contribution < -0.4 is 10.6 Å². The van der Waals surface area contributed by atoms with Crippen LogP contribution in [0.15, 0.2) is 18.2 Å². The second kappa shape index (κ2) is 9.43. The number of hydrogen-bond donors (Lipinski definition) is 2. The first-order chi connectivity index (χ1) is 12.0. The first-order valence-electron chi connectivity index (χ1n) is 8.46. The molecule has 0 aliphatic carbocycles. The van der Waals surface area contributed by atoms with Gasteiger partial charge >= 0.3 is 0 Å². The van der Waals surface area contributed by atoms with Crippen LogP contribution in [0.3, 0.4) is 0 Å². The molecule has 1 saturated heterocycles. The predicted octanol–water partition coefficient (Wildman–Crippen LogP) is 1.05. The van der Waals surface area contributed by atoms with Gasteiger partial charge < -0.3 is 15.5 Å². The molecule has 1 aromatic carbocycles. The summed E-state index contributed by atoms with van der Waals surface area (Å²) in [6, 6.07) is 3.41. The van der Waals surface area contributed by atoms with Crippen molar-refractivity contribution in [2.75, 3.05) is 51.1 Å². The summed E-state index contributed by atoms with van der Waals surface area (Å²) < 4.78 is 27.1. The Kier molecular flexibility index (Phi) is 7.27. The van der Waals surface area contributed by atoms with Crippen LogP contribution in [0.2, 0.25) is 0 Å². The maximum absolute atomic E-state index is 13.6. The van der Waals surface area contributed by atoms with Gasteiger partial charge in [0, 0.05) is 39.1 Å². The van der Waals surface area contributed by atoms with Crippen LogP contribution in [0.25, 0.3) is 0 Å². The van der Waals surface area contributed by atoms with E-state index in [0.29, 0.717) is 32.6 Å². The van der Waals surface area contributed by atoms with Crippen molar-refractivity contribution in [3.8, 4) is 0 Å². The molecule has 25 heavy (non-hydrogen) atoms. The molecule has 0 atom stereocenters. The van der Waals surface area contributed by atoms with E-state index < -0.39 is 23.2 Å². The predicted molar refractivity (Wildman–Crippen MR) is 91.2 cm³/mol. The molecule has 1 fully saturated rings. The number of amides is 2. The molecule has 0 saturated carbocycles. The summed E-state index contributed by atoms with van der Waals surface area (Å²) in [5, 5.41) is 5.45. The molecule has 6 nitrogen and oxygen atoms in total. The maximum atomic E-state index is 13.6. The molecule has 2 N–H and O–H groups in total. The number of anilines is 1. The molecule has 138 valence electrons. The van der Waals surface area contributed by atoms with Crippen LogP contribution in [0, 0.1) is 11.6 Å². The monoisotopic (exact) mass is 354 g/mol. The van der Waals surface area contributed by atoms with Gasteiger partial charge in [0.15, 0.2) is 0 Å². The fourth-order valence-electron chi connectivity index (χ4n) is 2.67. The standard InChI is InChI=1S/C17H24F2N4O2/c1-2-22(9-6-16(25)23-10-7-20-8-11-23)12-15(24)21-17-13(18)4-3-5-14(17)19/h3-5,20H,2,6-12H2,1H3,(H,21,24). The zero-order valence-electron chi connectivity index (χ0n) is 14.4. The zero-order valence-corrected chi connectivity index (χ0v) is 14.4. The number of carbonyl (C=O) groups is 2. The first-order valence-corrected chi connectivity index (χ1v) is 8.46. The van der Waals surface area contributed by atoms with Gasteiger partial charge in [0.05, 0.1) is 6.54 Å². The quantitative estimate of drug-likeness (QED) is 0.768. The molecule has 0 radical (unpaired) electrons. The number of piperazine rings is 1. The van der Waals surface area contributed by atoms with Crippen LogP contribution in [0.1, 0.15) is 13.3 Å². The number of carbonyl (C=O) groups excluding carboxylic acids is 2. The minimum absolute atomic E-state index is 0.0287. The summed E-state index contributed by atoms with van der Waals surface area (Å²) in [5.41, 5.74) is -0.444. The van der Waals surface area contributed by atoms with Crippen molar-refractivity contribution in [3.63, 3.8) is 0 Å². The number of halogens is 2. The summed E-state index contributed by atoms with van der Waals surface area (Å²) in [4.78, 5) is 27.8. The number of nitrogens with one attached hydrogen (secondary N) is 2. The minimum atomic E-state index is -0.815. The number of likely N-dealkylation sites (N-methyl/N-ethyl adjacent to an activating group) is 1. The molecule has 0 aromatic heterocycles. The van der Waals surface area contributed by atoms with E-state index in [1.54, 1.807) is 9.80 Å². The Morgan fingerprint density at radius 2 is 1.88 bits per heavy atom. The van der Waals surface area contributed by atoms with E-state index in [4.69, 9.17) is 0 Å². The molecule has 2 rings (SSSR count). The zero-order chi connectivity index (χ0) is 18.2. The lowest BCUT2D eigenvalue weighted by Gasteiger charge is -2.28. The Morgan fingerprint density at radius 1 is 1.24 bits per heavy atom. The molecule has 1 aliphatic heterocycles. The number of benzene rings is 1. The van der Waals surface area contributed by atoms with Gasteiger partial charge in [-0.15, -0.1) is 0 Å². The molecule has 2 amide bonds. The highest BCUT2D eigenvalue weighted by Gasteiger charge is 2.18. The number of rotatable bonds is 7. The molecule has 0 spiro atoms. The SMILES string of the molecule is CCN(CCC(=O)N1CCNCC1)CC(=O)Nc1c(F)cccc1F. The van der Waals surface area contributed by atoms with E-state index in [2.05, 4.69) is 10.6 Å². The van der Waals surface area contributed by atoms with Crippen molar-refractivity contribution in [1.29, 1.82) is 0 Å². The molecule has 1 aromatic rings. The first kappa shape index (κ1) is 19.3. The summed E-state index contributed by atoms with van der Waals surface area (Å²) in [7, 11) is 0. The third kappa shape index (κ3) is 5.75. The van der Waals surface area contributed by atoms with Crippen LogP contribution in [0.5, 0.6) is 0 Å². The van der Waals surface area contributed by atoms with E-state index >= 15 is 0 Å². The average Bonchev–Trinajstić information content (AvgIpc) is 2.62. The van der Waals surface area contributed by atoms with Gasteiger partial charge in [0.2, 0.25) is 11.8 Å². The lowest BCUT2D eigenvalue weighted by atomic mass is 10.2. The summed E-state index contributed by atoms with van der Waals surface area (Å²) in [6.07, 6.45) is 0.315. The second-order valence-corrected chi connectivity index (χ2v) is 5.89. The van der Waals surface area contributed by atoms with E-state index in [9.17, 15) is 18.4 Å². The van der Waals surface area contributed by atoms with Gasteiger partial charge in [-0.3, -0.25) is 14.5 Å². The van der Waals surface area contributed by atoms with Crippen LogP contribution in [0.4, 0.5) is 14.5 Å². The third-order valence-corrected chi connectivity index (χ3v) is 4.15. The highest BCUT2D eigenvalue weighted by Crippen LogP contribution is 2.17. The molecule has 1 aliphatic rings. The van der Waals surface area contributed by atoms with Gasteiger partial charge in [-0.05, 0) is 18.7 Å². The largest absolute Gasteiger partial charge is 0.340 e. The summed E-state index contributed by atoms with van der Waals surface area (Å²) >= 11 is 0. The normalized spacial score (nSPS) is 14.6. The van der Waals surface area contributed by atoms with E-state index in [0.717, 1.165) is 25.2 Å². The minimum Gasteiger partial charge on any atom is -0.340 e. The fourth-order valence-corrected chi connectivity index (χ4v) is 2.67. The van der Waals surface area contributed by atoms with Crippen molar-refractivity contribution in [2.45, 2.75) is 13.3 Å². The number of hydrogen-bond acceptors (Lipinski definition) is 4. The van der Waals surface area contributed by atoms with E-state index in [1.807, 2.05) is 6.92 Å². The van der Waals surface area contributed by atoms with Gasteiger partial charge in [0.25, 0.3) is 0 Å². The van der Waals surface area contributed by atoms with Crippen LogP contribution in [-0.4, -0.2) is 67.4 Å². The molecule has 0 unspecified atom stereocenters. The lowest BCUT2D eigenvalue weighted by Crippen LogP contribution is -2.47. The number of nitrogens with zero attached hydrogens (tertiary/aromatic N) is 2.